The number of aromatic amines is 1. The van der Waals surface area contributed by atoms with Crippen molar-refractivity contribution in [3.8, 4) is 11.3 Å². The molecule has 0 bridgehead atoms. The molecule has 0 radical (unpaired) electrons. The van der Waals surface area contributed by atoms with Gasteiger partial charge in [-0.05, 0) is 42.0 Å². The molecule has 2 aromatic carbocycles. The zero-order chi connectivity index (χ0) is 25.9. The van der Waals surface area contributed by atoms with E-state index in [0.717, 1.165) is 46.0 Å². The van der Waals surface area contributed by atoms with Crippen LogP contribution in [0.25, 0.3) is 11.3 Å². The van der Waals surface area contributed by atoms with Crippen LogP contribution in [-0.2, 0) is 17.6 Å². The molecule has 8 nitrogen and oxygen atoms in total. The number of nitrogens with zero attached hydrogens (tertiary/aromatic N) is 3. The second-order valence-corrected chi connectivity index (χ2v) is 9.41. The van der Waals surface area contributed by atoms with E-state index in [1.54, 1.807) is 11.1 Å². The quantitative estimate of drug-likeness (QED) is 0.346. The molecule has 0 unspecified atom stereocenters. The third kappa shape index (κ3) is 5.18. The molecule has 1 aliphatic rings. The van der Waals surface area contributed by atoms with E-state index in [1.165, 1.54) is 0 Å². The van der Waals surface area contributed by atoms with Gasteiger partial charge in [0.25, 0.3) is 5.91 Å². The van der Waals surface area contributed by atoms with Crippen molar-refractivity contribution in [2.75, 3.05) is 43.2 Å². The zero-order valence-electron chi connectivity index (χ0n) is 21.2. The van der Waals surface area contributed by atoms with Gasteiger partial charge in [0.15, 0.2) is 0 Å². The molecule has 3 N–H and O–H groups in total. The molecule has 0 atom stereocenters. The van der Waals surface area contributed by atoms with E-state index in [0.29, 0.717) is 17.9 Å². The normalized spacial score (nSPS) is 12.7. The number of carbonyl (C=O) groups excluding carboxylic acids is 2. The van der Waals surface area contributed by atoms with Crippen LogP contribution in [0.4, 0.5) is 22.9 Å². The average Bonchev–Trinajstić information content (AvgIpc) is 3.26. The van der Waals surface area contributed by atoms with Gasteiger partial charge in [0.2, 0.25) is 5.91 Å². The van der Waals surface area contributed by atoms with Crippen LogP contribution in [0, 0.1) is 0 Å². The van der Waals surface area contributed by atoms with E-state index in [2.05, 4.69) is 20.6 Å². The summed E-state index contributed by atoms with van der Waals surface area (Å²) in [5, 5.41) is 6.36. The highest BCUT2D eigenvalue weighted by Crippen LogP contribution is 2.38. The molecule has 188 valence electrons. The second kappa shape index (κ2) is 10.2. The average molecular weight is 495 g/mol. The van der Waals surface area contributed by atoms with E-state index in [1.807, 2.05) is 92.8 Å². The van der Waals surface area contributed by atoms with Crippen LogP contribution >= 0.6 is 0 Å². The van der Waals surface area contributed by atoms with Gasteiger partial charge < -0.3 is 25.4 Å². The van der Waals surface area contributed by atoms with Gasteiger partial charge in [-0.1, -0.05) is 30.3 Å². The molecule has 8 heteroatoms. The van der Waals surface area contributed by atoms with Gasteiger partial charge in [-0.3, -0.25) is 9.59 Å². The summed E-state index contributed by atoms with van der Waals surface area (Å²) in [5.74, 6) is 0.284. The van der Waals surface area contributed by atoms with Crippen LogP contribution in [-0.4, -0.2) is 54.4 Å². The van der Waals surface area contributed by atoms with Gasteiger partial charge in [-0.15, -0.1) is 0 Å². The second-order valence-electron chi connectivity index (χ2n) is 9.41. The number of aromatic nitrogens is 2. The Morgan fingerprint density at radius 3 is 2.57 bits per heavy atom. The molecule has 1 aliphatic heterocycles. The minimum Gasteiger partial charge on any atom is -0.378 e. The number of benzene rings is 2. The topological polar surface area (TPSA) is 93.4 Å². The number of amides is 2. The van der Waals surface area contributed by atoms with Crippen molar-refractivity contribution < 1.29 is 9.59 Å². The molecule has 37 heavy (non-hydrogen) atoms. The number of nitrogens with one attached hydrogen (secondary N) is 3. The number of anilines is 4. The predicted molar refractivity (Wildman–Crippen MR) is 148 cm³/mol. The van der Waals surface area contributed by atoms with Crippen LogP contribution in [0.2, 0.25) is 0 Å². The van der Waals surface area contributed by atoms with Crippen LogP contribution in [0.5, 0.6) is 0 Å². The van der Waals surface area contributed by atoms with Crippen molar-refractivity contribution in [1.82, 2.24) is 14.9 Å². The highest BCUT2D eigenvalue weighted by molar-refractivity contribution is 6.06. The SMILES string of the molecule is CN1CCc2[nH]c(-c3ccnc(NC(=O)Cc4ccc(N(C)C)cc4)c3)c(Nc3ccccc3)c2C1=O. The molecular formula is C29H30N6O2. The first-order chi connectivity index (χ1) is 17.9. The molecule has 3 heterocycles. The fraction of sp³-hybridized carbons (Fsp3) is 0.207. The van der Waals surface area contributed by atoms with Gasteiger partial charge in [0.1, 0.15) is 5.82 Å². The minimum absolute atomic E-state index is 0.0231. The summed E-state index contributed by atoms with van der Waals surface area (Å²) in [4.78, 5) is 37.5. The van der Waals surface area contributed by atoms with Crippen molar-refractivity contribution >= 4 is 34.7 Å². The smallest absolute Gasteiger partial charge is 0.257 e. The molecule has 0 fully saturated rings. The molecule has 0 saturated carbocycles. The van der Waals surface area contributed by atoms with E-state index < -0.39 is 0 Å². The van der Waals surface area contributed by atoms with E-state index in [4.69, 9.17) is 0 Å². The Labute approximate surface area is 216 Å². The lowest BCUT2D eigenvalue weighted by atomic mass is 10.0. The van der Waals surface area contributed by atoms with Gasteiger partial charge in [0, 0.05) is 62.9 Å². The van der Waals surface area contributed by atoms with E-state index in [-0.39, 0.29) is 18.2 Å². The lowest BCUT2D eigenvalue weighted by Crippen LogP contribution is -2.34. The first kappa shape index (κ1) is 24.1. The monoisotopic (exact) mass is 494 g/mol. The number of likely N-dealkylation sites (N-methyl/N-ethyl adjacent to an activating group) is 1. The maximum atomic E-state index is 13.1. The molecule has 4 aromatic rings. The summed E-state index contributed by atoms with van der Waals surface area (Å²) < 4.78 is 0. The Balaban J connectivity index is 1.42. The van der Waals surface area contributed by atoms with Crippen molar-refractivity contribution in [2.45, 2.75) is 12.8 Å². The predicted octanol–water partition coefficient (Wildman–Crippen LogP) is 4.70. The molecular weight excluding hydrogens is 464 g/mol. The number of H-pyrrole nitrogens is 1. The number of pyridine rings is 1. The highest BCUT2D eigenvalue weighted by Gasteiger charge is 2.30. The zero-order valence-corrected chi connectivity index (χ0v) is 21.2. The number of para-hydroxylation sites is 1. The Morgan fingerprint density at radius 2 is 1.84 bits per heavy atom. The summed E-state index contributed by atoms with van der Waals surface area (Å²) >= 11 is 0. The molecule has 2 aromatic heterocycles. The fourth-order valence-electron chi connectivity index (χ4n) is 4.49. The third-order valence-electron chi connectivity index (χ3n) is 6.51. The minimum atomic E-state index is -0.146. The summed E-state index contributed by atoms with van der Waals surface area (Å²) in [6, 6.07) is 21.4. The lowest BCUT2D eigenvalue weighted by Gasteiger charge is -2.23. The first-order valence-corrected chi connectivity index (χ1v) is 12.2. The van der Waals surface area contributed by atoms with Gasteiger partial charge in [-0.2, -0.15) is 0 Å². The Hall–Kier alpha value is -4.59. The van der Waals surface area contributed by atoms with Crippen LogP contribution in [0.15, 0.2) is 72.9 Å². The van der Waals surface area contributed by atoms with Crippen molar-refractivity contribution in [3.63, 3.8) is 0 Å². The van der Waals surface area contributed by atoms with Gasteiger partial charge in [-0.25, -0.2) is 4.98 Å². The van der Waals surface area contributed by atoms with Gasteiger partial charge in [0.05, 0.1) is 23.4 Å². The van der Waals surface area contributed by atoms with E-state index >= 15 is 0 Å². The van der Waals surface area contributed by atoms with Crippen LogP contribution in [0.3, 0.4) is 0 Å². The maximum Gasteiger partial charge on any atom is 0.257 e. The number of fused-ring (bicyclic) bond motifs is 1. The summed E-state index contributed by atoms with van der Waals surface area (Å²) in [7, 11) is 5.78. The molecule has 0 spiro atoms. The number of carbonyl (C=O) groups is 2. The molecule has 0 saturated heterocycles. The van der Waals surface area contributed by atoms with E-state index in [9.17, 15) is 9.59 Å². The van der Waals surface area contributed by atoms with Crippen LogP contribution in [0.1, 0.15) is 21.6 Å². The highest BCUT2D eigenvalue weighted by atomic mass is 16.2. The number of rotatable bonds is 7. The Bertz CT molecular complexity index is 1430. The maximum absolute atomic E-state index is 13.1. The number of hydrogen-bond acceptors (Lipinski definition) is 5. The van der Waals surface area contributed by atoms with Gasteiger partial charge >= 0.3 is 0 Å². The Kier molecular flexibility index (Phi) is 6.64. The van der Waals surface area contributed by atoms with Crippen molar-refractivity contribution in [2.24, 2.45) is 0 Å². The lowest BCUT2D eigenvalue weighted by molar-refractivity contribution is -0.115. The van der Waals surface area contributed by atoms with Crippen molar-refractivity contribution in [3.05, 3.63) is 89.7 Å². The molecule has 2 amide bonds. The largest absolute Gasteiger partial charge is 0.378 e. The molecule has 0 aliphatic carbocycles. The van der Waals surface area contributed by atoms with Crippen LogP contribution < -0.4 is 15.5 Å². The standard InChI is InChI=1S/C29H30N6O2/c1-34(2)22-11-9-19(10-12-22)17-25(36)33-24-18-20(13-15-30-24)27-28(31-21-7-5-4-6-8-21)26-23(32-27)14-16-35(3)29(26)37/h4-13,15,18,31-32H,14,16-17H2,1-3H3,(H,30,33,36). The van der Waals surface area contributed by atoms with Crippen molar-refractivity contribution in [1.29, 1.82) is 0 Å². The number of hydrogen-bond donors (Lipinski definition) is 3. The summed E-state index contributed by atoms with van der Waals surface area (Å²) in [6.45, 7) is 0.656. The fourth-order valence-corrected chi connectivity index (χ4v) is 4.49. The molecule has 5 rings (SSSR count). The summed E-state index contributed by atoms with van der Waals surface area (Å²) in [6.07, 6.45) is 2.65. The third-order valence-corrected chi connectivity index (χ3v) is 6.51. The summed E-state index contributed by atoms with van der Waals surface area (Å²) in [5.41, 5.74) is 6.77. The first-order valence-electron chi connectivity index (χ1n) is 12.2. The Morgan fingerprint density at radius 1 is 1.08 bits per heavy atom.